The van der Waals surface area contributed by atoms with Gasteiger partial charge in [-0.05, 0) is 43.3 Å². The standard InChI is InChI=1S/C16H15ClN4O2S2/c1-10(14(22)19-12-6-4-11(17)5-7-12)24-16-21-20-15(25-16)18-9-13-3-2-8-23-13/h2-8,10H,9H2,1H3,(H,18,20)(H,19,22). The first-order valence-corrected chi connectivity index (χ1v) is 9.50. The lowest BCUT2D eigenvalue weighted by molar-refractivity contribution is -0.115. The molecule has 2 aromatic heterocycles. The maximum absolute atomic E-state index is 12.3. The lowest BCUT2D eigenvalue weighted by Gasteiger charge is -2.10. The summed E-state index contributed by atoms with van der Waals surface area (Å²) in [5.41, 5.74) is 0.708. The molecule has 2 N–H and O–H groups in total. The summed E-state index contributed by atoms with van der Waals surface area (Å²) >= 11 is 8.60. The van der Waals surface area contributed by atoms with Gasteiger partial charge in [-0.2, -0.15) is 0 Å². The zero-order valence-electron chi connectivity index (χ0n) is 13.2. The van der Waals surface area contributed by atoms with E-state index < -0.39 is 0 Å². The predicted octanol–water partition coefficient (Wildman–Crippen LogP) is 4.52. The topological polar surface area (TPSA) is 80.1 Å². The molecule has 0 saturated carbocycles. The van der Waals surface area contributed by atoms with E-state index in [1.54, 1.807) is 30.5 Å². The summed E-state index contributed by atoms with van der Waals surface area (Å²) < 4.78 is 5.97. The number of furan rings is 1. The predicted molar refractivity (Wildman–Crippen MR) is 101 cm³/mol. The SMILES string of the molecule is CC(Sc1nnc(NCc2ccco2)s1)C(=O)Nc1ccc(Cl)cc1. The van der Waals surface area contributed by atoms with Crippen LogP contribution in [0.3, 0.4) is 0 Å². The van der Waals surface area contributed by atoms with Gasteiger partial charge in [0.15, 0.2) is 4.34 Å². The number of amides is 1. The van der Waals surface area contributed by atoms with Gasteiger partial charge in [0, 0.05) is 10.7 Å². The second kappa shape index (κ2) is 8.37. The average molecular weight is 395 g/mol. The fraction of sp³-hybridized carbons (Fsp3) is 0.188. The normalized spacial score (nSPS) is 11.9. The molecule has 0 aliphatic heterocycles. The van der Waals surface area contributed by atoms with Crippen molar-refractivity contribution in [3.63, 3.8) is 0 Å². The molecule has 0 spiro atoms. The van der Waals surface area contributed by atoms with Crippen molar-refractivity contribution >= 4 is 51.4 Å². The zero-order chi connectivity index (χ0) is 17.6. The highest BCUT2D eigenvalue weighted by Gasteiger charge is 2.17. The molecule has 9 heteroatoms. The third-order valence-electron chi connectivity index (χ3n) is 3.16. The largest absolute Gasteiger partial charge is 0.467 e. The van der Waals surface area contributed by atoms with E-state index >= 15 is 0 Å². The number of aromatic nitrogens is 2. The number of carbonyl (C=O) groups is 1. The van der Waals surface area contributed by atoms with Gasteiger partial charge in [0.25, 0.3) is 0 Å². The molecular formula is C16H15ClN4O2S2. The monoisotopic (exact) mass is 394 g/mol. The molecule has 1 unspecified atom stereocenters. The minimum atomic E-state index is -0.304. The molecule has 3 rings (SSSR count). The Hall–Kier alpha value is -2.03. The molecule has 1 amide bonds. The summed E-state index contributed by atoms with van der Waals surface area (Å²) in [5.74, 6) is 0.715. The van der Waals surface area contributed by atoms with Crippen molar-refractivity contribution in [2.45, 2.75) is 23.1 Å². The second-order valence-electron chi connectivity index (χ2n) is 5.06. The number of rotatable bonds is 7. The maximum atomic E-state index is 12.3. The first kappa shape index (κ1) is 17.8. The molecule has 0 bridgehead atoms. The van der Waals surface area contributed by atoms with Crippen LogP contribution in [0.15, 0.2) is 51.4 Å². The molecule has 1 aromatic carbocycles. The highest BCUT2D eigenvalue weighted by molar-refractivity contribution is 8.02. The van der Waals surface area contributed by atoms with Crippen molar-refractivity contribution in [1.82, 2.24) is 10.2 Å². The van der Waals surface area contributed by atoms with E-state index in [1.807, 2.05) is 19.1 Å². The third kappa shape index (κ3) is 5.22. The summed E-state index contributed by atoms with van der Waals surface area (Å²) in [5, 5.41) is 15.2. The molecule has 2 heterocycles. The highest BCUT2D eigenvalue weighted by atomic mass is 35.5. The van der Waals surface area contributed by atoms with Crippen LogP contribution in [0, 0.1) is 0 Å². The molecule has 130 valence electrons. The molecule has 3 aromatic rings. The Labute approximate surface area is 158 Å². The average Bonchev–Trinajstić information content (AvgIpc) is 3.26. The molecule has 0 radical (unpaired) electrons. The van der Waals surface area contributed by atoms with Crippen LogP contribution in [0.2, 0.25) is 5.02 Å². The van der Waals surface area contributed by atoms with Crippen LogP contribution in [0.4, 0.5) is 10.8 Å². The summed E-state index contributed by atoms with van der Waals surface area (Å²) in [7, 11) is 0. The molecule has 1 atom stereocenters. The Balaban J connectivity index is 1.51. The Morgan fingerprint density at radius 2 is 2.12 bits per heavy atom. The minimum absolute atomic E-state index is 0.104. The van der Waals surface area contributed by atoms with Crippen molar-refractivity contribution < 1.29 is 9.21 Å². The molecule has 6 nitrogen and oxygen atoms in total. The number of hydrogen-bond donors (Lipinski definition) is 2. The van der Waals surface area contributed by atoms with Crippen LogP contribution in [0.25, 0.3) is 0 Å². The van der Waals surface area contributed by atoms with Crippen molar-refractivity contribution in [1.29, 1.82) is 0 Å². The van der Waals surface area contributed by atoms with Gasteiger partial charge in [-0.15, -0.1) is 10.2 Å². The highest BCUT2D eigenvalue weighted by Crippen LogP contribution is 2.29. The van der Waals surface area contributed by atoms with Gasteiger partial charge in [-0.1, -0.05) is 34.7 Å². The lowest BCUT2D eigenvalue weighted by atomic mass is 10.3. The van der Waals surface area contributed by atoms with E-state index in [1.165, 1.54) is 23.1 Å². The van der Waals surface area contributed by atoms with Crippen LogP contribution >= 0.6 is 34.7 Å². The van der Waals surface area contributed by atoms with Crippen molar-refractivity contribution in [3.05, 3.63) is 53.4 Å². The Morgan fingerprint density at radius 1 is 1.32 bits per heavy atom. The number of nitrogens with one attached hydrogen (secondary N) is 2. The van der Waals surface area contributed by atoms with E-state index in [4.69, 9.17) is 16.0 Å². The van der Waals surface area contributed by atoms with Gasteiger partial charge in [0.2, 0.25) is 11.0 Å². The number of thioether (sulfide) groups is 1. The zero-order valence-corrected chi connectivity index (χ0v) is 15.6. The quantitative estimate of drug-likeness (QED) is 0.573. The summed E-state index contributed by atoms with van der Waals surface area (Å²) in [4.78, 5) is 12.3. The maximum Gasteiger partial charge on any atom is 0.237 e. The number of benzene rings is 1. The minimum Gasteiger partial charge on any atom is -0.467 e. The number of anilines is 2. The first-order valence-electron chi connectivity index (χ1n) is 7.43. The number of nitrogens with zero attached hydrogens (tertiary/aromatic N) is 2. The molecule has 0 aliphatic carbocycles. The second-order valence-corrected chi connectivity index (χ2v) is 8.06. The van der Waals surface area contributed by atoms with Crippen molar-refractivity contribution in [3.8, 4) is 0 Å². The van der Waals surface area contributed by atoms with E-state index in [-0.39, 0.29) is 11.2 Å². The lowest BCUT2D eigenvalue weighted by Crippen LogP contribution is -2.22. The summed E-state index contributed by atoms with van der Waals surface area (Å²) in [6.07, 6.45) is 1.62. The van der Waals surface area contributed by atoms with Gasteiger partial charge in [0.1, 0.15) is 5.76 Å². The molecule has 0 fully saturated rings. The number of carbonyl (C=O) groups excluding carboxylic acids is 1. The Bertz CT molecular complexity index is 821. The third-order valence-corrected chi connectivity index (χ3v) is 5.48. The fourth-order valence-electron chi connectivity index (χ4n) is 1.89. The number of halogens is 1. The molecule has 0 aliphatic rings. The molecule has 0 saturated heterocycles. The van der Waals surface area contributed by atoms with Gasteiger partial charge in [-0.3, -0.25) is 4.79 Å². The van der Waals surface area contributed by atoms with E-state index in [0.717, 1.165) is 10.1 Å². The molecule has 25 heavy (non-hydrogen) atoms. The summed E-state index contributed by atoms with van der Waals surface area (Å²) in [6, 6.07) is 10.7. The Morgan fingerprint density at radius 3 is 2.84 bits per heavy atom. The van der Waals surface area contributed by atoms with Gasteiger partial charge < -0.3 is 15.1 Å². The van der Waals surface area contributed by atoms with Gasteiger partial charge >= 0.3 is 0 Å². The van der Waals surface area contributed by atoms with Crippen LogP contribution < -0.4 is 10.6 Å². The van der Waals surface area contributed by atoms with Crippen molar-refractivity contribution in [2.24, 2.45) is 0 Å². The van der Waals surface area contributed by atoms with Crippen molar-refractivity contribution in [2.75, 3.05) is 10.6 Å². The van der Waals surface area contributed by atoms with E-state index in [2.05, 4.69) is 20.8 Å². The summed E-state index contributed by atoms with van der Waals surface area (Å²) in [6.45, 7) is 2.37. The van der Waals surface area contributed by atoms with E-state index in [9.17, 15) is 4.79 Å². The molecular weight excluding hydrogens is 380 g/mol. The smallest absolute Gasteiger partial charge is 0.237 e. The van der Waals surface area contributed by atoms with Crippen LogP contribution in [0.5, 0.6) is 0 Å². The van der Waals surface area contributed by atoms with Crippen LogP contribution in [-0.2, 0) is 11.3 Å². The van der Waals surface area contributed by atoms with Crippen LogP contribution in [0.1, 0.15) is 12.7 Å². The van der Waals surface area contributed by atoms with Gasteiger partial charge in [-0.25, -0.2) is 0 Å². The Kier molecular flexibility index (Phi) is 5.95. The van der Waals surface area contributed by atoms with E-state index in [0.29, 0.717) is 22.4 Å². The first-order chi connectivity index (χ1) is 12.1. The number of hydrogen-bond acceptors (Lipinski definition) is 7. The van der Waals surface area contributed by atoms with Crippen LogP contribution in [-0.4, -0.2) is 21.4 Å². The van der Waals surface area contributed by atoms with Gasteiger partial charge in [0.05, 0.1) is 18.1 Å². The fourth-order valence-corrected chi connectivity index (χ4v) is 3.90.